The summed E-state index contributed by atoms with van der Waals surface area (Å²) in [7, 11) is 0. The van der Waals surface area contributed by atoms with Crippen LogP contribution in [-0.2, 0) is 17.8 Å². The third-order valence-corrected chi connectivity index (χ3v) is 3.56. The number of para-hydroxylation sites is 1. The van der Waals surface area contributed by atoms with Crippen molar-refractivity contribution in [3.8, 4) is 0 Å². The van der Waals surface area contributed by atoms with E-state index in [1.807, 2.05) is 24.3 Å². The second-order valence-electron chi connectivity index (χ2n) is 5.01. The Balaban J connectivity index is 1.61. The van der Waals surface area contributed by atoms with Gasteiger partial charge in [-0.2, -0.15) is 0 Å². The summed E-state index contributed by atoms with van der Waals surface area (Å²) in [5.74, 6) is -1.48. The Labute approximate surface area is 121 Å². The SMILES string of the molecule is O=C(NCc1ccc(F)cc1F)[C@@H]1Cc2ccccc2N1. The molecule has 0 bridgehead atoms. The van der Waals surface area contributed by atoms with Crippen LogP contribution in [0.3, 0.4) is 0 Å². The molecule has 2 aromatic rings. The number of hydrogen-bond donors (Lipinski definition) is 2. The maximum atomic E-state index is 13.5. The number of benzene rings is 2. The minimum Gasteiger partial charge on any atom is -0.373 e. The predicted molar refractivity (Wildman–Crippen MR) is 75.8 cm³/mol. The van der Waals surface area contributed by atoms with E-state index >= 15 is 0 Å². The molecule has 0 spiro atoms. The number of halogens is 2. The quantitative estimate of drug-likeness (QED) is 0.911. The Morgan fingerprint density at radius 3 is 2.81 bits per heavy atom. The van der Waals surface area contributed by atoms with E-state index in [-0.39, 0.29) is 24.1 Å². The van der Waals surface area contributed by atoms with Gasteiger partial charge in [0.25, 0.3) is 0 Å². The van der Waals surface area contributed by atoms with Crippen LogP contribution in [0.2, 0.25) is 0 Å². The van der Waals surface area contributed by atoms with Crippen molar-refractivity contribution in [3.05, 3.63) is 65.2 Å². The van der Waals surface area contributed by atoms with Crippen molar-refractivity contribution in [2.45, 2.75) is 19.0 Å². The summed E-state index contributed by atoms with van der Waals surface area (Å²) >= 11 is 0. The van der Waals surface area contributed by atoms with Crippen LogP contribution in [0.15, 0.2) is 42.5 Å². The average Bonchev–Trinajstić information content (AvgIpc) is 2.90. The fraction of sp³-hybridized carbons (Fsp3) is 0.188. The molecule has 1 heterocycles. The molecule has 21 heavy (non-hydrogen) atoms. The Kier molecular flexibility index (Phi) is 3.56. The van der Waals surface area contributed by atoms with Crippen LogP contribution in [0.25, 0.3) is 0 Å². The highest BCUT2D eigenvalue weighted by Crippen LogP contribution is 2.25. The predicted octanol–water partition coefficient (Wildman–Crippen LogP) is 2.62. The normalized spacial score (nSPS) is 16.2. The lowest BCUT2D eigenvalue weighted by Gasteiger charge is -2.12. The van der Waals surface area contributed by atoms with Gasteiger partial charge < -0.3 is 10.6 Å². The molecule has 0 aromatic heterocycles. The first kappa shape index (κ1) is 13.5. The maximum Gasteiger partial charge on any atom is 0.243 e. The fourth-order valence-electron chi connectivity index (χ4n) is 2.43. The highest BCUT2D eigenvalue weighted by Gasteiger charge is 2.26. The first-order valence-electron chi connectivity index (χ1n) is 6.69. The van der Waals surface area contributed by atoms with Crippen molar-refractivity contribution in [3.63, 3.8) is 0 Å². The number of carbonyl (C=O) groups excluding carboxylic acids is 1. The third-order valence-electron chi connectivity index (χ3n) is 3.56. The molecular formula is C16H14F2N2O. The minimum absolute atomic E-state index is 0.0411. The van der Waals surface area contributed by atoms with Gasteiger partial charge in [0.1, 0.15) is 17.7 Å². The van der Waals surface area contributed by atoms with E-state index in [4.69, 9.17) is 0 Å². The van der Waals surface area contributed by atoms with Gasteiger partial charge in [0, 0.05) is 30.3 Å². The Morgan fingerprint density at radius 2 is 2.05 bits per heavy atom. The van der Waals surface area contributed by atoms with E-state index in [9.17, 15) is 13.6 Å². The van der Waals surface area contributed by atoms with Crippen molar-refractivity contribution < 1.29 is 13.6 Å². The molecule has 0 radical (unpaired) electrons. The van der Waals surface area contributed by atoms with Crippen molar-refractivity contribution in [1.29, 1.82) is 0 Å². The maximum absolute atomic E-state index is 13.5. The summed E-state index contributed by atoms with van der Waals surface area (Å²) in [6.45, 7) is 0.0411. The van der Waals surface area contributed by atoms with Gasteiger partial charge >= 0.3 is 0 Å². The monoisotopic (exact) mass is 288 g/mol. The second kappa shape index (κ2) is 5.52. The summed E-state index contributed by atoms with van der Waals surface area (Å²) in [4.78, 5) is 12.1. The van der Waals surface area contributed by atoms with Crippen LogP contribution in [0, 0.1) is 11.6 Å². The summed E-state index contributed by atoms with van der Waals surface area (Å²) < 4.78 is 26.3. The lowest BCUT2D eigenvalue weighted by atomic mass is 10.1. The molecule has 2 N–H and O–H groups in total. The molecule has 3 rings (SSSR count). The van der Waals surface area contributed by atoms with E-state index in [0.717, 1.165) is 17.3 Å². The molecule has 5 heteroatoms. The molecular weight excluding hydrogens is 274 g/mol. The smallest absolute Gasteiger partial charge is 0.243 e. The number of anilines is 1. The standard InChI is InChI=1S/C16H14F2N2O/c17-12-6-5-11(13(18)8-12)9-19-16(21)15-7-10-3-1-2-4-14(10)20-15/h1-6,8,15,20H,7,9H2,(H,19,21)/t15-/m0/s1. The fourth-order valence-corrected chi connectivity index (χ4v) is 2.43. The van der Waals surface area contributed by atoms with Gasteiger partial charge in [0.15, 0.2) is 0 Å². The Morgan fingerprint density at radius 1 is 1.24 bits per heavy atom. The van der Waals surface area contributed by atoms with Crippen LogP contribution in [0.5, 0.6) is 0 Å². The largest absolute Gasteiger partial charge is 0.373 e. The molecule has 1 aliphatic heterocycles. The first-order valence-corrected chi connectivity index (χ1v) is 6.69. The molecule has 1 aliphatic rings. The Bertz CT molecular complexity index is 663. The number of fused-ring (bicyclic) bond motifs is 1. The summed E-state index contributed by atoms with van der Waals surface area (Å²) in [5, 5.41) is 5.80. The molecule has 108 valence electrons. The molecule has 0 unspecified atom stereocenters. The van der Waals surface area contributed by atoms with Gasteiger partial charge in [-0.1, -0.05) is 24.3 Å². The minimum atomic E-state index is -0.655. The second-order valence-corrected chi connectivity index (χ2v) is 5.01. The topological polar surface area (TPSA) is 41.1 Å². The van der Waals surface area contributed by atoms with E-state index < -0.39 is 11.6 Å². The number of nitrogens with one attached hydrogen (secondary N) is 2. The van der Waals surface area contributed by atoms with Gasteiger partial charge in [-0.3, -0.25) is 4.79 Å². The molecule has 0 saturated carbocycles. The van der Waals surface area contributed by atoms with Crippen LogP contribution in [-0.4, -0.2) is 11.9 Å². The van der Waals surface area contributed by atoms with Crippen LogP contribution >= 0.6 is 0 Å². The summed E-state index contributed by atoms with van der Waals surface area (Å²) in [5.41, 5.74) is 2.30. The van der Waals surface area contributed by atoms with Crippen LogP contribution in [0.4, 0.5) is 14.5 Å². The highest BCUT2D eigenvalue weighted by molar-refractivity contribution is 5.87. The van der Waals surface area contributed by atoms with Crippen molar-refractivity contribution in [2.24, 2.45) is 0 Å². The van der Waals surface area contributed by atoms with Gasteiger partial charge in [-0.15, -0.1) is 0 Å². The molecule has 1 amide bonds. The zero-order valence-corrected chi connectivity index (χ0v) is 11.2. The van der Waals surface area contributed by atoms with Crippen molar-refractivity contribution >= 4 is 11.6 Å². The average molecular weight is 288 g/mol. The lowest BCUT2D eigenvalue weighted by molar-refractivity contribution is -0.121. The van der Waals surface area contributed by atoms with Gasteiger partial charge in [0.2, 0.25) is 5.91 Å². The van der Waals surface area contributed by atoms with Gasteiger partial charge in [0.05, 0.1) is 0 Å². The molecule has 0 aliphatic carbocycles. The number of rotatable bonds is 3. The van der Waals surface area contributed by atoms with Crippen LogP contribution < -0.4 is 10.6 Å². The highest BCUT2D eigenvalue weighted by atomic mass is 19.1. The first-order chi connectivity index (χ1) is 10.1. The van der Waals surface area contributed by atoms with E-state index in [1.165, 1.54) is 12.1 Å². The molecule has 0 saturated heterocycles. The van der Waals surface area contributed by atoms with E-state index in [2.05, 4.69) is 10.6 Å². The molecule has 0 fully saturated rings. The number of hydrogen-bond acceptors (Lipinski definition) is 2. The molecule has 3 nitrogen and oxygen atoms in total. The van der Waals surface area contributed by atoms with Gasteiger partial charge in [-0.25, -0.2) is 8.78 Å². The van der Waals surface area contributed by atoms with E-state index in [0.29, 0.717) is 6.42 Å². The molecule has 1 atom stereocenters. The van der Waals surface area contributed by atoms with Crippen molar-refractivity contribution in [2.75, 3.05) is 5.32 Å². The van der Waals surface area contributed by atoms with Crippen LogP contribution in [0.1, 0.15) is 11.1 Å². The lowest BCUT2D eigenvalue weighted by Crippen LogP contribution is -2.38. The zero-order valence-electron chi connectivity index (χ0n) is 11.2. The summed E-state index contributed by atoms with van der Waals surface area (Å²) in [6.07, 6.45) is 0.605. The van der Waals surface area contributed by atoms with Gasteiger partial charge in [-0.05, 0) is 17.7 Å². The van der Waals surface area contributed by atoms with E-state index in [1.54, 1.807) is 0 Å². The van der Waals surface area contributed by atoms with Crippen molar-refractivity contribution in [1.82, 2.24) is 5.32 Å². The number of amides is 1. The number of carbonyl (C=O) groups is 1. The third kappa shape index (κ3) is 2.86. The molecule has 2 aromatic carbocycles. The zero-order chi connectivity index (χ0) is 14.8. The summed E-state index contributed by atoms with van der Waals surface area (Å²) in [6, 6.07) is 10.7. The Hall–Kier alpha value is -2.43.